The van der Waals surface area contributed by atoms with Gasteiger partial charge in [-0.1, -0.05) is 31.0 Å². The molecule has 1 aromatic heterocycles. The highest BCUT2D eigenvalue weighted by molar-refractivity contribution is 7.99. The Morgan fingerprint density at radius 2 is 1.77 bits per heavy atom. The number of hydrogen-bond acceptors (Lipinski definition) is 6. The predicted octanol–water partition coefficient (Wildman–Crippen LogP) is 3.46. The van der Waals surface area contributed by atoms with Gasteiger partial charge in [-0.2, -0.15) is 0 Å². The molecule has 0 atom stereocenters. The van der Waals surface area contributed by atoms with E-state index in [0.29, 0.717) is 23.5 Å². The van der Waals surface area contributed by atoms with Gasteiger partial charge >= 0.3 is 0 Å². The highest BCUT2D eigenvalue weighted by Gasteiger charge is 2.21. The molecule has 2 aromatic carbocycles. The minimum absolute atomic E-state index is 0.0408. The molecule has 1 heterocycles. The van der Waals surface area contributed by atoms with Crippen LogP contribution in [-0.4, -0.2) is 43.8 Å². The van der Waals surface area contributed by atoms with Crippen LogP contribution < -0.4 is 10.6 Å². The molecule has 0 spiro atoms. The largest absolute Gasteiger partial charge is 0.346 e. The van der Waals surface area contributed by atoms with Crippen LogP contribution in [0.1, 0.15) is 42.7 Å². The summed E-state index contributed by atoms with van der Waals surface area (Å²) in [7, 11) is 0. The van der Waals surface area contributed by atoms with E-state index in [0.717, 1.165) is 30.6 Å². The highest BCUT2D eigenvalue weighted by Crippen LogP contribution is 2.19. The number of thioether (sulfide) groups is 1. The van der Waals surface area contributed by atoms with Gasteiger partial charge in [-0.25, -0.2) is 0 Å². The fourth-order valence-corrected chi connectivity index (χ4v) is 4.29. The summed E-state index contributed by atoms with van der Waals surface area (Å²) in [6, 6.07) is 17.3. The Morgan fingerprint density at radius 3 is 2.52 bits per heavy atom. The van der Waals surface area contributed by atoms with E-state index < -0.39 is 0 Å². The van der Waals surface area contributed by atoms with E-state index in [1.165, 1.54) is 4.80 Å². The second-order valence-electron chi connectivity index (χ2n) is 7.36. The van der Waals surface area contributed by atoms with E-state index in [1.54, 1.807) is 36.0 Å². The molecule has 2 N–H and O–H groups in total. The summed E-state index contributed by atoms with van der Waals surface area (Å²) in [6.45, 7) is 0. The van der Waals surface area contributed by atoms with Crippen molar-refractivity contribution in [3.05, 3.63) is 60.4 Å². The second-order valence-corrected chi connectivity index (χ2v) is 8.53. The van der Waals surface area contributed by atoms with Crippen LogP contribution in [0, 0.1) is 0 Å². The van der Waals surface area contributed by atoms with Crippen LogP contribution in [-0.2, 0) is 4.79 Å². The molecule has 4 rings (SSSR count). The molecule has 1 saturated carbocycles. The first kappa shape index (κ1) is 21.0. The Kier molecular flexibility index (Phi) is 6.93. The number of amides is 2. The zero-order valence-electron chi connectivity index (χ0n) is 17.0. The van der Waals surface area contributed by atoms with E-state index in [9.17, 15) is 9.59 Å². The highest BCUT2D eigenvalue weighted by atomic mass is 32.2. The number of carbonyl (C=O) groups excluding carboxylic acids is 2. The summed E-state index contributed by atoms with van der Waals surface area (Å²) in [4.78, 5) is 26.9. The first-order chi connectivity index (χ1) is 15.2. The zero-order valence-corrected chi connectivity index (χ0v) is 17.8. The molecular formula is C22H24N6O2S. The van der Waals surface area contributed by atoms with Crippen molar-refractivity contribution in [2.24, 2.45) is 0 Å². The fraction of sp³-hybridized carbons (Fsp3) is 0.318. The van der Waals surface area contributed by atoms with Gasteiger partial charge < -0.3 is 10.6 Å². The minimum atomic E-state index is -0.296. The standard InChI is InChI=1S/C22H24N6O2S/c29-20(14-15-31-19-8-2-1-3-9-19)23-17-10-12-18(13-11-17)28-26-21(25-27-28)22(30)24-16-6-4-5-7-16/h1-3,8-13,16H,4-7,14-15H2,(H,23,29)(H,24,30). The topological polar surface area (TPSA) is 102 Å². The maximum atomic E-state index is 12.3. The summed E-state index contributed by atoms with van der Waals surface area (Å²) in [6.07, 6.45) is 4.70. The lowest BCUT2D eigenvalue weighted by molar-refractivity contribution is -0.115. The third-order valence-corrected chi connectivity index (χ3v) is 6.04. The smallest absolute Gasteiger partial charge is 0.293 e. The normalized spacial score (nSPS) is 13.8. The van der Waals surface area contributed by atoms with Crippen LogP contribution in [0.4, 0.5) is 5.69 Å². The lowest BCUT2D eigenvalue weighted by Gasteiger charge is -2.09. The van der Waals surface area contributed by atoms with E-state index in [-0.39, 0.29) is 23.7 Å². The van der Waals surface area contributed by atoms with Crippen LogP contribution in [0.5, 0.6) is 0 Å². The number of nitrogens with one attached hydrogen (secondary N) is 2. The quantitative estimate of drug-likeness (QED) is 0.525. The van der Waals surface area contributed by atoms with Gasteiger partial charge in [0.25, 0.3) is 11.7 Å². The molecular weight excluding hydrogens is 412 g/mol. The number of carbonyl (C=O) groups is 2. The SMILES string of the molecule is O=C(CCSc1ccccc1)Nc1ccc(-n2nnc(C(=O)NC3CCCC3)n2)cc1. The second kappa shape index (κ2) is 10.2. The van der Waals surface area contributed by atoms with E-state index in [2.05, 4.69) is 26.0 Å². The molecule has 31 heavy (non-hydrogen) atoms. The lowest BCUT2D eigenvalue weighted by Crippen LogP contribution is -2.33. The molecule has 0 radical (unpaired) electrons. The maximum Gasteiger partial charge on any atom is 0.293 e. The molecule has 0 unspecified atom stereocenters. The van der Waals surface area contributed by atoms with Crippen molar-refractivity contribution in [1.29, 1.82) is 0 Å². The molecule has 1 fully saturated rings. The molecule has 1 aliphatic carbocycles. The Morgan fingerprint density at radius 1 is 1.03 bits per heavy atom. The molecule has 8 nitrogen and oxygen atoms in total. The molecule has 9 heteroatoms. The van der Waals surface area contributed by atoms with E-state index in [1.807, 2.05) is 30.3 Å². The van der Waals surface area contributed by atoms with Gasteiger partial charge in [0.05, 0.1) is 5.69 Å². The average Bonchev–Trinajstić information content (AvgIpc) is 3.47. The number of nitrogens with zero attached hydrogens (tertiary/aromatic N) is 4. The van der Waals surface area contributed by atoms with Crippen LogP contribution in [0.15, 0.2) is 59.5 Å². The Bertz CT molecular complexity index is 1020. The van der Waals surface area contributed by atoms with E-state index in [4.69, 9.17) is 0 Å². The molecule has 1 aliphatic rings. The van der Waals surface area contributed by atoms with Crippen LogP contribution in [0.3, 0.4) is 0 Å². The van der Waals surface area contributed by atoms with Crippen molar-refractivity contribution >= 4 is 29.3 Å². The average molecular weight is 437 g/mol. The van der Waals surface area contributed by atoms with Crippen molar-refractivity contribution < 1.29 is 9.59 Å². The van der Waals surface area contributed by atoms with Crippen LogP contribution >= 0.6 is 11.8 Å². The molecule has 160 valence electrons. The molecule has 0 bridgehead atoms. The van der Waals surface area contributed by atoms with Crippen molar-refractivity contribution in [2.45, 2.75) is 43.0 Å². The Labute approximate surface area is 184 Å². The fourth-order valence-electron chi connectivity index (χ4n) is 3.41. The monoisotopic (exact) mass is 436 g/mol. The summed E-state index contributed by atoms with van der Waals surface area (Å²) in [5.74, 6) is 0.430. The van der Waals surface area contributed by atoms with Gasteiger partial charge in [0.15, 0.2) is 0 Å². The Hall–Kier alpha value is -3.20. The van der Waals surface area contributed by atoms with Gasteiger partial charge in [-0.3, -0.25) is 9.59 Å². The molecule has 3 aromatic rings. The van der Waals surface area contributed by atoms with Crippen molar-refractivity contribution in [1.82, 2.24) is 25.5 Å². The van der Waals surface area contributed by atoms with Gasteiger partial charge in [0.1, 0.15) is 0 Å². The summed E-state index contributed by atoms with van der Waals surface area (Å²) < 4.78 is 0. The number of anilines is 1. The first-order valence-electron chi connectivity index (χ1n) is 10.4. The third kappa shape index (κ3) is 5.91. The minimum Gasteiger partial charge on any atom is -0.346 e. The van der Waals surface area contributed by atoms with E-state index >= 15 is 0 Å². The predicted molar refractivity (Wildman–Crippen MR) is 119 cm³/mol. The lowest BCUT2D eigenvalue weighted by atomic mass is 10.2. The Balaban J connectivity index is 1.27. The molecule has 2 amide bonds. The van der Waals surface area contributed by atoms with Gasteiger partial charge in [-0.05, 0) is 54.5 Å². The number of rotatable bonds is 8. The van der Waals surface area contributed by atoms with Gasteiger partial charge in [0, 0.05) is 28.8 Å². The summed E-state index contributed by atoms with van der Waals surface area (Å²) in [5.41, 5.74) is 1.35. The van der Waals surface area contributed by atoms with Crippen molar-refractivity contribution in [3.8, 4) is 5.69 Å². The van der Waals surface area contributed by atoms with Crippen molar-refractivity contribution in [2.75, 3.05) is 11.1 Å². The van der Waals surface area contributed by atoms with Gasteiger partial charge in [-0.15, -0.1) is 26.8 Å². The number of tetrazole rings is 1. The van der Waals surface area contributed by atoms with Crippen LogP contribution in [0.25, 0.3) is 5.69 Å². The number of aromatic nitrogens is 4. The zero-order chi connectivity index (χ0) is 21.5. The van der Waals surface area contributed by atoms with Crippen molar-refractivity contribution in [3.63, 3.8) is 0 Å². The molecule has 0 saturated heterocycles. The summed E-state index contributed by atoms with van der Waals surface area (Å²) in [5, 5.41) is 17.8. The molecule has 0 aliphatic heterocycles. The number of benzene rings is 2. The van der Waals surface area contributed by atoms with Gasteiger partial charge in [0.2, 0.25) is 5.91 Å². The van der Waals surface area contributed by atoms with Crippen LogP contribution in [0.2, 0.25) is 0 Å². The third-order valence-electron chi connectivity index (χ3n) is 5.03. The maximum absolute atomic E-state index is 12.3. The first-order valence-corrected chi connectivity index (χ1v) is 11.3. The number of hydrogen-bond donors (Lipinski definition) is 2. The summed E-state index contributed by atoms with van der Waals surface area (Å²) >= 11 is 1.65.